The number of piperazine rings is 1. The van der Waals surface area contributed by atoms with Gasteiger partial charge in [0.25, 0.3) is 11.5 Å². The van der Waals surface area contributed by atoms with Crippen LogP contribution in [-0.4, -0.2) is 83.4 Å². The van der Waals surface area contributed by atoms with Crippen molar-refractivity contribution in [1.29, 1.82) is 0 Å². The van der Waals surface area contributed by atoms with Gasteiger partial charge in [0.15, 0.2) is 5.82 Å². The number of fused-ring (bicyclic) bond motifs is 3. The van der Waals surface area contributed by atoms with Crippen molar-refractivity contribution >= 4 is 40.7 Å². The number of aliphatic hydroxyl groups is 1. The highest BCUT2D eigenvalue weighted by molar-refractivity contribution is 6.06. The van der Waals surface area contributed by atoms with Gasteiger partial charge in [0.1, 0.15) is 11.5 Å². The monoisotopic (exact) mass is 761 g/mol. The highest BCUT2D eigenvalue weighted by atomic mass is 16.3. The predicted molar refractivity (Wildman–Crippen MR) is 216 cm³/mol. The summed E-state index contributed by atoms with van der Waals surface area (Å²) in [5.41, 5.74) is 5.98. The second kappa shape index (κ2) is 14.8. The van der Waals surface area contributed by atoms with Crippen LogP contribution in [0.25, 0.3) is 11.3 Å². The largest absolute Gasteiger partial charge is 0.392 e. The number of carbonyl (C=O) groups excluding carboxylic acids is 3. The lowest BCUT2D eigenvalue weighted by Crippen LogP contribution is -2.55. The Bertz CT molecular complexity index is 2310. The molecule has 1 fully saturated rings. The van der Waals surface area contributed by atoms with Crippen LogP contribution in [-0.2, 0) is 42.6 Å². The second-order valence-electron chi connectivity index (χ2n) is 16.4. The molecule has 2 aliphatic heterocycles. The van der Waals surface area contributed by atoms with Crippen LogP contribution >= 0.6 is 0 Å². The molecule has 14 nitrogen and oxygen atoms in total. The van der Waals surface area contributed by atoms with Crippen LogP contribution in [0.5, 0.6) is 0 Å². The average molecular weight is 762 g/mol. The molecule has 0 spiro atoms. The van der Waals surface area contributed by atoms with Crippen LogP contribution in [0.4, 0.5) is 23.0 Å². The Morgan fingerprint density at radius 3 is 2.54 bits per heavy atom. The van der Waals surface area contributed by atoms with Crippen molar-refractivity contribution in [3.05, 3.63) is 93.8 Å². The molecule has 3 N–H and O–H groups in total. The number of benzene rings is 1. The number of carbonyl (C=O) groups is 3. The van der Waals surface area contributed by atoms with Crippen molar-refractivity contribution in [1.82, 2.24) is 28.9 Å². The van der Waals surface area contributed by atoms with Crippen LogP contribution in [0, 0.1) is 5.41 Å². The van der Waals surface area contributed by atoms with Crippen molar-refractivity contribution in [2.45, 2.75) is 85.7 Å². The normalized spacial score (nSPS) is 18.1. The molecule has 4 aromatic rings. The fourth-order valence-electron chi connectivity index (χ4n) is 8.46. The number of aromatic nitrogens is 4. The summed E-state index contributed by atoms with van der Waals surface area (Å²) in [7, 11) is 1.62. The summed E-state index contributed by atoms with van der Waals surface area (Å²) in [5.74, 6) is -0.154. The van der Waals surface area contributed by atoms with E-state index in [0.29, 0.717) is 59.3 Å². The summed E-state index contributed by atoms with van der Waals surface area (Å²) in [4.78, 5) is 68.2. The molecule has 1 aliphatic carbocycles. The van der Waals surface area contributed by atoms with E-state index in [0.717, 1.165) is 18.4 Å². The van der Waals surface area contributed by atoms with E-state index in [4.69, 9.17) is 4.98 Å². The van der Waals surface area contributed by atoms with Gasteiger partial charge in [0, 0.05) is 79.4 Å². The smallest absolute Gasteiger partial charge is 0.293 e. The Hall–Kier alpha value is -5.60. The molecular formula is C42H51N9O5. The molecule has 0 saturated carbocycles. The van der Waals surface area contributed by atoms with Gasteiger partial charge < -0.3 is 29.8 Å². The first-order valence-electron chi connectivity index (χ1n) is 19.2. The van der Waals surface area contributed by atoms with E-state index in [9.17, 15) is 24.3 Å². The number of nitrogens with one attached hydrogen (secondary N) is 2. The highest BCUT2D eigenvalue weighted by Gasteiger charge is 2.39. The van der Waals surface area contributed by atoms with Crippen LogP contribution in [0.1, 0.15) is 80.5 Å². The zero-order valence-corrected chi connectivity index (χ0v) is 33.2. The molecule has 7 rings (SSSR count). The standard InChI is InChI=1S/C42H51N9O5/c1-9-36(53)45-31-17-27(10-11-29(31)35-21-51(25(4)5)37(54)22-50(35)24(2)3)44-38-41(56)47(8)20-32(46-38)28-12-13-43-39(30(28)23-52)49-15-14-48-33(40(49)55)16-26-18-42(6,7)19-34(26)48/h9-13,16-17,20,24-25,35,52H,1,14-15,18-19,21-23H2,2-8H3,(H,44,46)(H,45,53). The molecule has 3 amide bonds. The molecule has 5 heterocycles. The lowest BCUT2D eigenvalue weighted by molar-refractivity contribution is -0.142. The fourth-order valence-corrected chi connectivity index (χ4v) is 8.46. The van der Waals surface area contributed by atoms with Gasteiger partial charge in [-0.1, -0.05) is 26.5 Å². The van der Waals surface area contributed by atoms with E-state index in [-0.39, 0.29) is 47.7 Å². The van der Waals surface area contributed by atoms with Crippen LogP contribution in [0.2, 0.25) is 0 Å². The second-order valence-corrected chi connectivity index (χ2v) is 16.4. The van der Waals surface area contributed by atoms with E-state index in [1.807, 2.05) is 50.8 Å². The fraction of sp³-hybridized carbons (Fsp3) is 0.429. The van der Waals surface area contributed by atoms with Gasteiger partial charge in [-0.15, -0.1) is 0 Å². The van der Waals surface area contributed by atoms with Crippen LogP contribution in [0.15, 0.2) is 60.2 Å². The number of hydrogen-bond acceptors (Lipinski definition) is 9. The van der Waals surface area contributed by atoms with Crippen molar-refractivity contribution in [3.63, 3.8) is 0 Å². The van der Waals surface area contributed by atoms with Gasteiger partial charge >= 0.3 is 0 Å². The van der Waals surface area contributed by atoms with Crippen molar-refractivity contribution < 1.29 is 19.5 Å². The summed E-state index contributed by atoms with van der Waals surface area (Å²) in [6.07, 6.45) is 6.21. The minimum atomic E-state index is -0.413. The molecular weight excluding hydrogens is 711 g/mol. The van der Waals surface area contributed by atoms with Crippen molar-refractivity contribution in [3.8, 4) is 11.3 Å². The third kappa shape index (κ3) is 7.03. The number of aryl methyl sites for hydroxylation is 1. The quantitative estimate of drug-likeness (QED) is 0.193. The first-order valence-corrected chi connectivity index (χ1v) is 19.2. The Kier molecular flexibility index (Phi) is 10.2. The Balaban J connectivity index is 1.22. The van der Waals surface area contributed by atoms with E-state index in [1.165, 1.54) is 21.9 Å². The van der Waals surface area contributed by atoms with Gasteiger partial charge in [-0.3, -0.25) is 29.0 Å². The van der Waals surface area contributed by atoms with Gasteiger partial charge in [0.2, 0.25) is 11.8 Å². The third-order valence-electron chi connectivity index (χ3n) is 11.2. The average Bonchev–Trinajstić information content (AvgIpc) is 3.65. The summed E-state index contributed by atoms with van der Waals surface area (Å²) < 4.78 is 3.54. The lowest BCUT2D eigenvalue weighted by atomic mass is 9.90. The predicted octanol–water partition coefficient (Wildman–Crippen LogP) is 4.79. The molecule has 0 radical (unpaired) electrons. The number of pyridine rings is 1. The maximum Gasteiger partial charge on any atom is 0.293 e. The Morgan fingerprint density at radius 1 is 1.07 bits per heavy atom. The summed E-state index contributed by atoms with van der Waals surface area (Å²) >= 11 is 0. The molecule has 1 unspecified atom stereocenters. The molecule has 1 atom stereocenters. The highest BCUT2D eigenvalue weighted by Crippen LogP contribution is 2.40. The molecule has 1 aromatic carbocycles. The lowest BCUT2D eigenvalue weighted by Gasteiger charge is -2.45. The van der Waals surface area contributed by atoms with Crippen LogP contribution in [0.3, 0.4) is 0 Å². The maximum absolute atomic E-state index is 14.0. The first-order chi connectivity index (χ1) is 26.6. The molecule has 0 bridgehead atoms. The number of nitrogens with zero attached hydrogens (tertiary/aromatic N) is 7. The number of aliphatic hydroxyl groups excluding tert-OH is 1. The SMILES string of the molecule is C=CC(=O)Nc1cc(Nc2nc(-c3ccnc(N4CCn5c(cc6c5CC(C)(C)C6)C4=O)c3CO)cn(C)c2=O)ccc1C1CN(C(C)C)C(=O)CN1C(C)C. The van der Waals surface area contributed by atoms with Gasteiger partial charge in [0.05, 0.1) is 24.9 Å². The van der Waals surface area contributed by atoms with Gasteiger partial charge in [-0.25, -0.2) is 9.97 Å². The molecule has 3 aromatic heterocycles. The van der Waals surface area contributed by atoms with Crippen molar-refractivity contribution in [2.24, 2.45) is 12.5 Å². The van der Waals surface area contributed by atoms with Gasteiger partial charge in [-0.2, -0.15) is 0 Å². The molecule has 3 aliphatic rings. The third-order valence-corrected chi connectivity index (χ3v) is 11.2. The molecule has 56 heavy (non-hydrogen) atoms. The minimum absolute atomic E-state index is 0.00463. The zero-order chi connectivity index (χ0) is 40.2. The first kappa shape index (κ1) is 38.7. The summed E-state index contributed by atoms with van der Waals surface area (Å²) in [6, 6.07) is 9.03. The van der Waals surface area contributed by atoms with E-state index < -0.39 is 18.1 Å². The molecule has 294 valence electrons. The summed E-state index contributed by atoms with van der Waals surface area (Å²) in [5, 5.41) is 16.9. The number of rotatable bonds is 10. The number of anilines is 4. The minimum Gasteiger partial charge on any atom is -0.392 e. The van der Waals surface area contributed by atoms with E-state index >= 15 is 0 Å². The van der Waals surface area contributed by atoms with Gasteiger partial charge in [-0.05, 0) is 87.4 Å². The Morgan fingerprint density at radius 2 is 1.84 bits per heavy atom. The van der Waals surface area contributed by atoms with E-state index in [1.54, 1.807) is 36.5 Å². The zero-order valence-electron chi connectivity index (χ0n) is 33.2. The maximum atomic E-state index is 14.0. The topological polar surface area (TPSA) is 158 Å². The number of amides is 3. The number of hydrogen-bond donors (Lipinski definition) is 3. The molecule has 1 saturated heterocycles. The van der Waals surface area contributed by atoms with Crippen LogP contribution < -0.4 is 21.1 Å². The van der Waals surface area contributed by atoms with E-state index in [2.05, 4.69) is 45.5 Å². The Labute approximate surface area is 326 Å². The molecule has 14 heteroatoms. The summed E-state index contributed by atoms with van der Waals surface area (Å²) in [6.45, 7) is 17.5. The van der Waals surface area contributed by atoms with Crippen molar-refractivity contribution in [2.75, 3.05) is 35.2 Å².